The quantitative estimate of drug-likeness (QED) is 0.711. The van der Waals surface area contributed by atoms with E-state index in [1.807, 2.05) is 0 Å². The molecule has 0 spiro atoms. The second-order valence-electron chi connectivity index (χ2n) is 5.93. The highest BCUT2D eigenvalue weighted by atomic mass is 16.5. The summed E-state index contributed by atoms with van der Waals surface area (Å²) in [6.07, 6.45) is 9.21. The lowest BCUT2D eigenvalue weighted by molar-refractivity contribution is 0.155. The standard InChI is InChI=1S/C19H24O/c1-2-7-15-8-6-9-16-12-13-18(14-19(15)16)20-17-10-4-3-5-11-17/h6,8-9,12-14,17H,2-5,7,10-11H2,1H3. The van der Waals surface area contributed by atoms with E-state index in [0.717, 1.165) is 12.2 Å². The zero-order chi connectivity index (χ0) is 13.8. The Labute approximate surface area is 122 Å². The fourth-order valence-electron chi connectivity index (χ4n) is 3.25. The normalized spacial score (nSPS) is 16.4. The van der Waals surface area contributed by atoms with Crippen LogP contribution in [-0.4, -0.2) is 6.10 Å². The minimum absolute atomic E-state index is 0.430. The van der Waals surface area contributed by atoms with E-state index in [2.05, 4.69) is 43.3 Å². The summed E-state index contributed by atoms with van der Waals surface area (Å²) in [4.78, 5) is 0. The van der Waals surface area contributed by atoms with Crippen LogP contribution in [0.25, 0.3) is 10.8 Å². The van der Waals surface area contributed by atoms with E-state index in [1.165, 1.54) is 54.9 Å². The molecule has 2 aromatic carbocycles. The van der Waals surface area contributed by atoms with Crippen molar-refractivity contribution in [2.24, 2.45) is 0 Å². The third kappa shape index (κ3) is 2.98. The van der Waals surface area contributed by atoms with Gasteiger partial charge in [-0.15, -0.1) is 0 Å². The summed E-state index contributed by atoms with van der Waals surface area (Å²) in [7, 11) is 0. The maximum Gasteiger partial charge on any atom is 0.120 e. The first-order valence-corrected chi connectivity index (χ1v) is 8.05. The Hall–Kier alpha value is -1.50. The van der Waals surface area contributed by atoms with Crippen molar-refractivity contribution in [3.63, 3.8) is 0 Å². The lowest BCUT2D eigenvalue weighted by Crippen LogP contribution is -2.19. The van der Waals surface area contributed by atoms with Gasteiger partial charge in [-0.1, -0.05) is 44.0 Å². The lowest BCUT2D eigenvalue weighted by Gasteiger charge is -2.23. The van der Waals surface area contributed by atoms with Crippen molar-refractivity contribution < 1.29 is 4.74 Å². The van der Waals surface area contributed by atoms with Gasteiger partial charge in [-0.2, -0.15) is 0 Å². The predicted octanol–water partition coefficient (Wildman–Crippen LogP) is 5.50. The largest absolute Gasteiger partial charge is 0.490 e. The molecular weight excluding hydrogens is 244 g/mol. The third-order valence-electron chi connectivity index (χ3n) is 4.32. The van der Waals surface area contributed by atoms with Crippen LogP contribution in [0.5, 0.6) is 5.75 Å². The lowest BCUT2D eigenvalue weighted by atomic mass is 9.97. The zero-order valence-electron chi connectivity index (χ0n) is 12.4. The smallest absolute Gasteiger partial charge is 0.120 e. The molecule has 2 aromatic rings. The molecule has 20 heavy (non-hydrogen) atoms. The number of rotatable bonds is 4. The van der Waals surface area contributed by atoms with Crippen LogP contribution in [0.15, 0.2) is 36.4 Å². The van der Waals surface area contributed by atoms with Gasteiger partial charge < -0.3 is 4.74 Å². The fourth-order valence-corrected chi connectivity index (χ4v) is 3.25. The first kappa shape index (κ1) is 13.5. The fraction of sp³-hybridized carbons (Fsp3) is 0.474. The minimum Gasteiger partial charge on any atom is -0.490 e. The van der Waals surface area contributed by atoms with E-state index in [1.54, 1.807) is 0 Å². The summed E-state index contributed by atoms with van der Waals surface area (Å²) >= 11 is 0. The van der Waals surface area contributed by atoms with Crippen LogP contribution in [0, 0.1) is 0 Å². The van der Waals surface area contributed by atoms with Crippen molar-refractivity contribution >= 4 is 10.8 Å². The van der Waals surface area contributed by atoms with Gasteiger partial charge in [0, 0.05) is 0 Å². The second kappa shape index (κ2) is 6.30. The molecule has 0 amide bonds. The highest BCUT2D eigenvalue weighted by Gasteiger charge is 2.15. The molecule has 0 aromatic heterocycles. The van der Waals surface area contributed by atoms with Crippen LogP contribution in [0.2, 0.25) is 0 Å². The van der Waals surface area contributed by atoms with Gasteiger partial charge in [-0.25, -0.2) is 0 Å². The van der Waals surface area contributed by atoms with Gasteiger partial charge in [-0.3, -0.25) is 0 Å². The molecule has 1 saturated carbocycles. The Balaban J connectivity index is 1.86. The van der Waals surface area contributed by atoms with E-state index in [9.17, 15) is 0 Å². The first-order chi connectivity index (χ1) is 9.86. The van der Waals surface area contributed by atoms with Crippen LogP contribution < -0.4 is 4.74 Å². The van der Waals surface area contributed by atoms with Crippen molar-refractivity contribution in [3.8, 4) is 5.75 Å². The highest BCUT2D eigenvalue weighted by molar-refractivity contribution is 5.87. The molecule has 1 heteroatoms. The second-order valence-corrected chi connectivity index (χ2v) is 5.93. The van der Waals surface area contributed by atoms with Gasteiger partial charge in [-0.05, 0) is 60.6 Å². The van der Waals surface area contributed by atoms with Crippen LogP contribution >= 0.6 is 0 Å². The maximum atomic E-state index is 6.20. The Bertz CT molecular complexity index is 567. The number of ether oxygens (including phenoxy) is 1. The van der Waals surface area contributed by atoms with Crippen LogP contribution in [0.1, 0.15) is 51.0 Å². The molecule has 0 N–H and O–H groups in total. The number of hydrogen-bond acceptors (Lipinski definition) is 1. The summed E-state index contributed by atoms with van der Waals surface area (Å²) in [6, 6.07) is 13.2. The number of hydrogen-bond donors (Lipinski definition) is 0. The number of aryl methyl sites for hydroxylation is 1. The molecule has 0 unspecified atom stereocenters. The summed E-state index contributed by atoms with van der Waals surface area (Å²) in [5, 5.41) is 2.69. The molecule has 106 valence electrons. The van der Waals surface area contributed by atoms with Crippen LogP contribution in [0.4, 0.5) is 0 Å². The SMILES string of the molecule is CCCc1cccc2ccc(OC3CCCCC3)cc12. The summed E-state index contributed by atoms with van der Waals surface area (Å²) in [5.74, 6) is 1.05. The van der Waals surface area contributed by atoms with Crippen LogP contribution in [0.3, 0.4) is 0 Å². The molecule has 0 aliphatic heterocycles. The van der Waals surface area contributed by atoms with Crippen molar-refractivity contribution in [1.29, 1.82) is 0 Å². The summed E-state index contributed by atoms with van der Waals surface area (Å²) < 4.78 is 6.20. The summed E-state index contributed by atoms with van der Waals surface area (Å²) in [5.41, 5.74) is 1.44. The number of benzene rings is 2. The third-order valence-corrected chi connectivity index (χ3v) is 4.32. The number of fused-ring (bicyclic) bond motifs is 1. The molecule has 1 aliphatic carbocycles. The predicted molar refractivity (Wildman–Crippen MR) is 85.4 cm³/mol. The van der Waals surface area contributed by atoms with Crippen molar-refractivity contribution in [2.45, 2.75) is 58.0 Å². The Kier molecular flexibility index (Phi) is 4.25. The molecule has 3 rings (SSSR count). The molecule has 1 aliphatic rings. The van der Waals surface area contributed by atoms with E-state index < -0.39 is 0 Å². The molecule has 0 atom stereocenters. The van der Waals surface area contributed by atoms with E-state index >= 15 is 0 Å². The monoisotopic (exact) mass is 268 g/mol. The van der Waals surface area contributed by atoms with Crippen molar-refractivity contribution in [1.82, 2.24) is 0 Å². The van der Waals surface area contributed by atoms with E-state index in [0.29, 0.717) is 6.10 Å². The van der Waals surface area contributed by atoms with Gasteiger partial charge in [0.05, 0.1) is 6.10 Å². The van der Waals surface area contributed by atoms with Gasteiger partial charge in [0.2, 0.25) is 0 Å². The highest BCUT2D eigenvalue weighted by Crippen LogP contribution is 2.28. The van der Waals surface area contributed by atoms with Gasteiger partial charge in [0.25, 0.3) is 0 Å². The Morgan fingerprint density at radius 3 is 2.70 bits per heavy atom. The average Bonchev–Trinajstić information content (AvgIpc) is 2.49. The molecule has 0 heterocycles. The minimum atomic E-state index is 0.430. The Morgan fingerprint density at radius 1 is 1.05 bits per heavy atom. The maximum absolute atomic E-state index is 6.20. The molecule has 0 bridgehead atoms. The topological polar surface area (TPSA) is 9.23 Å². The van der Waals surface area contributed by atoms with Crippen molar-refractivity contribution in [2.75, 3.05) is 0 Å². The first-order valence-electron chi connectivity index (χ1n) is 8.05. The van der Waals surface area contributed by atoms with Crippen LogP contribution in [-0.2, 0) is 6.42 Å². The van der Waals surface area contributed by atoms with Gasteiger partial charge in [0.15, 0.2) is 0 Å². The zero-order valence-corrected chi connectivity index (χ0v) is 12.4. The summed E-state index contributed by atoms with van der Waals surface area (Å²) in [6.45, 7) is 2.24. The molecular formula is C19H24O. The molecule has 1 nitrogen and oxygen atoms in total. The molecule has 0 radical (unpaired) electrons. The molecule has 1 fully saturated rings. The van der Waals surface area contributed by atoms with E-state index in [-0.39, 0.29) is 0 Å². The van der Waals surface area contributed by atoms with Gasteiger partial charge in [0.1, 0.15) is 5.75 Å². The van der Waals surface area contributed by atoms with E-state index in [4.69, 9.17) is 4.74 Å². The van der Waals surface area contributed by atoms with Gasteiger partial charge >= 0.3 is 0 Å². The average molecular weight is 268 g/mol. The Morgan fingerprint density at radius 2 is 1.90 bits per heavy atom. The van der Waals surface area contributed by atoms with Crippen molar-refractivity contribution in [3.05, 3.63) is 42.0 Å². The molecule has 0 saturated heterocycles.